The molecule has 0 aliphatic carbocycles. The van der Waals surface area contributed by atoms with E-state index in [1.807, 2.05) is 19.1 Å². The number of carbonyl (C=O) groups excluding carboxylic acids is 1. The summed E-state index contributed by atoms with van der Waals surface area (Å²) in [6.07, 6.45) is 0. The predicted molar refractivity (Wildman–Crippen MR) is 81.9 cm³/mol. The number of ether oxygens (including phenoxy) is 2. The normalized spacial score (nSPS) is 10.2. The quantitative estimate of drug-likeness (QED) is 0.792. The fraction of sp³-hybridized carbons (Fsp3) is 0.188. The highest BCUT2D eigenvalue weighted by atomic mass is 79.9. The van der Waals surface area contributed by atoms with Crippen LogP contribution in [0.5, 0.6) is 11.5 Å². The van der Waals surface area contributed by atoms with Gasteiger partial charge in [-0.3, -0.25) is 4.79 Å². The summed E-state index contributed by atoms with van der Waals surface area (Å²) in [4.78, 5) is 12.8. The molecule has 0 atom stereocenters. The van der Waals surface area contributed by atoms with Crippen molar-refractivity contribution in [2.75, 3.05) is 14.2 Å². The molecule has 2 aromatic carbocycles. The molecule has 0 N–H and O–H groups in total. The Hall–Kier alpha value is -1.81. The van der Waals surface area contributed by atoms with Crippen LogP contribution in [0, 0.1) is 6.92 Å². The molecular formula is C16H15BrO3. The first-order chi connectivity index (χ1) is 9.60. The van der Waals surface area contributed by atoms with Crippen LogP contribution in [0.3, 0.4) is 0 Å². The molecule has 0 aliphatic heterocycles. The zero-order valence-electron chi connectivity index (χ0n) is 11.6. The van der Waals surface area contributed by atoms with Gasteiger partial charge in [0.15, 0.2) is 0 Å². The van der Waals surface area contributed by atoms with Crippen molar-refractivity contribution in [3.05, 3.63) is 57.6 Å². The number of rotatable bonds is 4. The molecule has 0 radical (unpaired) electrons. The summed E-state index contributed by atoms with van der Waals surface area (Å²) in [5.74, 6) is 0.903. The Balaban J connectivity index is 2.61. The van der Waals surface area contributed by atoms with Gasteiger partial charge in [0.2, 0.25) is 5.78 Å². The topological polar surface area (TPSA) is 35.5 Å². The molecular weight excluding hydrogens is 320 g/mol. The number of hydrogen-bond acceptors (Lipinski definition) is 3. The van der Waals surface area contributed by atoms with Crippen LogP contribution in [0.4, 0.5) is 0 Å². The molecule has 3 nitrogen and oxygen atoms in total. The van der Waals surface area contributed by atoms with Crippen LogP contribution < -0.4 is 9.47 Å². The Morgan fingerprint density at radius 3 is 2.10 bits per heavy atom. The first-order valence-corrected chi connectivity index (χ1v) is 6.90. The number of halogens is 1. The summed E-state index contributed by atoms with van der Waals surface area (Å²) >= 11 is 3.44. The van der Waals surface area contributed by atoms with Crippen LogP contribution in [-0.2, 0) is 0 Å². The van der Waals surface area contributed by atoms with Gasteiger partial charge in [-0.15, -0.1) is 0 Å². The van der Waals surface area contributed by atoms with Crippen molar-refractivity contribution in [2.24, 2.45) is 0 Å². The minimum absolute atomic E-state index is 0.113. The second-order valence-corrected chi connectivity index (χ2v) is 5.13. The van der Waals surface area contributed by atoms with Gasteiger partial charge in [0.05, 0.1) is 14.2 Å². The lowest BCUT2D eigenvalue weighted by Crippen LogP contribution is -2.08. The highest BCUT2D eigenvalue weighted by Gasteiger charge is 2.21. The molecule has 0 amide bonds. The van der Waals surface area contributed by atoms with E-state index in [2.05, 4.69) is 15.9 Å². The number of carbonyl (C=O) groups is 1. The van der Waals surface area contributed by atoms with Gasteiger partial charge < -0.3 is 9.47 Å². The van der Waals surface area contributed by atoms with Gasteiger partial charge in [0, 0.05) is 10.0 Å². The van der Waals surface area contributed by atoms with E-state index in [4.69, 9.17) is 9.47 Å². The lowest BCUT2D eigenvalue weighted by molar-refractivity contribution is 0.103. The van der Waals surface area contributed by atoms with Crippen molar-refractivity contribution in [3.63, 3.8) is 0 Å². The Morgan fingerprint density at radius 2 is 1.55 bits per heavy atom. The number of benzene rings is 2. The van der Waals surface area contributed by atoms with E-state index >= 15 is 0 Å². The third-order valence-corrected chi connectivity index (χ3v) is 4.03. The van der Waals surface area contributed by atoms with E-state index in [9.17, 15) is 4.79 Å². The van der Waals surface area contributed by atoms with Crippen LogP contribution in [0.15, 0.2) is 40.9 Å². The van der Waals surface area contributed by atoms with Crippen molar-refractivity contribution in [1.82, 2.24) is 0 Å². The molecule has 0 saturated heterocycles. The molecule has 0 saturated carbocycles. The minimum atomic E-state index is -0.113. The fourth-order valence-electron chi connectivity index (χ4n) is 2.06. The standard InChI is InChI=1S/C16H15BrO3/c1-10-11(6-4-7-12(10)17)16(18)15-13(19-2)8-5-9-14(15)20-3/h4-9H,1-3H3. The number of ketones is 1. The van der Waals surface area contributed by atoms with Crippen LogP contribution in [0.25, 0.3) is 0 Å². The Bertz CT molecular complexity index is 628. The largest absolute Gasteiger partial charge is 0.496 e. The summed E-state index contributed by atoms with van der Waals surface area (Å²) in [5.41, 5.74) is 1.96. The predicted octanol–water partition coefficient (Wildman–Crippen LogP) is 4.01. The average molecular weight is 335 g/mol. The van der Waals surface area contributed by atoms with Crippen LogP contribution >= 0.6 is 15.9 Å². The summed E-state index contributed by atoms with van der Waals surface area (Å²) < 4.78 is 11.5. The zero-order valence-corrected chi connectivity index (χ0v) is 13.2. The van der Waals surface area contributed by atoms with Crippen LogP contribution in [0.1, 0.15) is 21.5 Å². The fourth-order valence-corrected chi connectivity index (χ4v) is 2.43. The van der Waals surface area contributed by atoms with E-state index in [1.165, 1.54) is 0 Å². The molecule has 0 heterocycles. The molecule has 0 unspecified atom stereocenters. The first-order valence-electron chi connectivity index (χ1n) is 6.11. The molecule has 104 valence electrons. The smallest absolute Gasteiger partial charge is 0.200 e. The molecule has 0 aromatic heterocycles. The van der Waals surface area contributed by atoms with Crippen molar-refractivity contribution in [3.8, 4) is 11.5 Å². The van der Waals surface area contributed by atoms with Gasteiger partial charge in [-0.2, -0.15) is 0 Å². The van der Waals surface area contributed by atoms with Gasteiger partial charge >= 0.3 is 0 Å². The first kappa shape index (κ1) is 14.6. The molecule has 0 fully saturated rings. The lowest BCUT2D eigenvalue weighted by atomic mass is 9.98. The SMILES string of the molecule is COc1cccc(OC)c1C(=O)c1cccc(Br)c1C. The van der Waals surface area contributed by atoms with E-state index < -0.39 is 0 Å². The molecule has 2 rings (SSSR count). The summed E-state index contributed by atoms with van der Waals surface area (Å²) in [7, 11) is 3.08. The molecule has 0 bridgehead atoms. The second kappa shape index (κ2) is 6.09. The molecule has 0 spiro atoms. The maximum Gasteiger partial charge on any atom is 0.200 e. The average Bonchev–Trinajstić information content (AvgIpc) is 2.48. The third kappa shape index (κ3) is 2.56. The van der Waals surface area contributed by atoms with E-state index in [0.717, 1.165) is 10.0 Å². The third-order valence-electron chi connectivity index (χ3n) is 3.17. The van der Waals surface area contributed by atoms with Crippen molar-refractivity contribution < 1.29 is 14.3 Å². The van der Waals surface area contributed by atoms with E-state index in [1.54, 1.807) is 38.5 Å². The van der Waals surface area contributed by atoms with Gasteiger partial charge in [0.1, 0.15) is 17.1 Å². The molecule has 20 heavy (non-hydrogen) atoms. The van der Waals surface area contributed by atoms with Gasteiger partial charge in [0.25, 0.3) is 0 Å². The summed E-state index contributed by atoms with van der Waals surface area (Å²) in [6, 6.07) is 10.8. The van der Waals surface area contributed by atoms with E-state index in [0.29, 0.717) is 22.6 Å². The van der Waals surface area contributed by atoms with E-state index in [-0.39, 0.29) is 5.78 Å². The van der Waals surface area contributed by atoms with Gasteiger partial charge in [-0.25, -0.2) is 0 Å². The van der Waals surface area contributed by atoms with Crippen LogP contribution in [0.2, 0.25) is 0 Å². The van der Waals surface area contributed by atoms with Crippen LogP contribution in [-0.4, -0.2) is 20.0 Å². The molecule has 0 aliphatic rings. The van der Waals surface area contributed by atoms with Crippen molar-refractivity contribution >= 4 is 21.7 Å². The van der Waals surface area contributed by atoms with Gasteiger partial charge in [-0.05, 0) is 30.7 Å². The number of methoxy groups -OCH3 is 2. The second-order valence-electron chi connectivity index (χ2n) is 4.28. The molecule has 2 aromatic rings. The zero-order chi connectivity index (χ0) is 14.7. The van der Waals surface area contributed by atoms with Crippen molar-refractivity contribution in [2.45, 2.75) is 6.92 Å². The minimum Gasteiger partial charge on any atom is -0.496 e. The summed E-state index contributed by atoms with van der Waals surface area (Å²) in [5, 5.41) is 0. The Morgan fingerprint density at radius 1 is 1.00 bits per heavy atom. The highest BCUT2D eigenvalue weighted by Crippen LogP contribution is 2.32. The number of hydrogen-bond donors (Lipinski definition) is 0. The molecule has 4 heteroatoms. The highest BCUT2D eigenvalue weighted by molar-refractivity contribution is 9.10. The maximum absolute atomic E-state index is 12.8. The Labute approximate surface area is 126 Å². The lowest BCUT2D eigenvalue weighted by Gasteiger charge is -2.13. The summed E-state index contributed by atoms with van der Waals surface area (Å²) in [6.45, 7) is 1.90. The van der Waals surface area contributed by atoms with Gasteiger partial charge in [-0.1, -0.05) is 34.1 Å². The Kier molecular flexibility index (Phi) is 4.45. The monoisotopic (exact) mass is 334 g/mol. The maximum atomic E-state index is 12.8. The van der Waals surface area contributed by atoms with Crippen molar-refractivity contribution in [1.29, 1.82) is 0 Å².